The standard InChI is InChI=1S/C10H14N4/c1-5-6-14-9(10(2,3)4)8(7-11)12-13-14/h5H,1,6H2,2-4H3. The highest BCUT2D eigenvalue weighted by molar-refractivity contribution is 5.30. The maximum absolute atomic E-state index is 8.87. The third-order valence-electron chi connectivity index (χ3n) is 1.85. The zero-order valence-corrected chi connectivity index (χ0v) is 8.78. The molecule has 1 aromatic rings. The van der Waals surface area contributed by atoms with E-state index in [1.54, 1.807) is 10.8 Å². The largest absolute Gasteiger partial charge is 0.244 e. The maximum atomic E-state index is 8.87. The van der Waals surface area contributed by atoms with Crippen LogP contribution >= 0.6 is 0 Å². The van der Waals surface area contributed by atoms with E-state index in [0.717, 1.165) is 5.69 Å². The van der Waals surface area contributed by atoms with Crippen LogP contribution in [0.1, 0.15) is 32.2 Å². The fourth-order valence-corrected chi connectivity index (χ4v) is 1.38. The number of hydrogen-bond donors (Lipinski definition) is 0. The minimum absolute atomic E-state index is 0.127. The van der Waals surface area contributed by atoms with E-state index in [0.29, 0.717) is 12.2 Å². The highest BCUT2D eigenvalue weighted by Crippen LogP contribution is 2.23. The number of rotatable bonds is 2. The first-order chi connectivity index (χ1) is 6.50. The minimum atomic E-state index is -0.127. The van der Waals surface area contributed by atoms with E-state index in [1.807, 2.05) is 20.8 Å². The van der Waals surface area contributed by atoms with Crippen molar-refractivity contribution in [2.75, 3.05) is 0 Å². The summed E-state index contributed by atoms with van der Waals surface area (Å²) in [6, 6.07) is 2.05. The topological polar surface area (TPSA) is 54.5 Å². The molecule has 0 N–H and O–H groups in total. The lowest BCUT2D eigenvalue weighted by molar-refractivity contribution is 0.504. The Bertz CT molecular complexity index is 376. The van der Waals surface area contributed by atoms with Gasteiger partial charge in [0.2, 0.25) is 0 Å². The van der Waals surface area contributed by atoms with Gasteiger partial charge in [0.25, 0.3) is 0 Å². The Balaban J connectivity index is 3.28. The molecule has 0 aliphatic rings. The predicted octanol–water partition coefficient (Wildman–Crippen LogP) is 1.63. The average molecular weight is 190 g/mol. The quantitative estimate of drug-likeness (QED) is 0.666. The van der Waals surface area contributed by atoms with Gasteiger partial charge in [-0.3, -0.25) is 0 Å². The second-order valence-electron chi connectivity index (χ2n) is 4.12. The van der Waals surface area contributed by atoms with E-state index in [1.165, 1.54) is 0 Å². The molecule has 14 heavy (non-hydrogen) atoms. The van der Waals surface area contributed by atoms with Gasteiger partial charge in [-0.1, -0.05) is 32.1 Å². The molecule has 74 valence electrons. The first-order valence-electron chi connectivity index (χ1n) is 4.45. The molecule has 0 spiro atoms. The molecule has 0 saturated carbocycles. The summed E-state index contributed by atoms with van der Waals surface area (Å²) in [7, 11) is 0. The van der Waals surface area contributed by atoms with Crippen molar-refractivity contribution in [2.24, 2.45) is 0 Å². The van der Waals surface area contributed by atoms with E-state index >= 15 is 0 Å². The molecule has 0 aliphatic carbocycles. The Morgan fingerprint density at radius 3 is 2.64 bits per heavy atom. The molecular formula is C10H14N4. The Kier molecular flexibility index (Phi) is 2.70. The Morgan fingerprint density at radius 2 is 2.21 bits per heavy atom. The molecule has 0 aromatic carbocycles. The van der Waals surface area contributed by atoms with E-state index in [2.05, 4.69) is 23.0 Å². The summed E-state index contributed by atoms with van der Waals surface area (Å²) in [5.41, 5.74) is 1.14. The lowest BCUT2D eigenvalue weighted by Gasteiger charge is -2.18. The van der Waals surface area contributed by atoms with Crippen molar-refractivity contribution in [3.8, 4) is 6.07 Å². The monoisotopic (exact) mass is 190 g/mol. The fourth-order valence-electron chi connectivity index (χ4n) is 1.38. The zero-order chi connectivity index (χ0) is 10.8. The van der Waals surface area contributed by atoms with Crippen LogP contribution in [0.2, 0.25) is 0 Å². The van der Waals surface area contributed by atoms with Crippen LogP contribution in [0.25, 0.3) is 0 Å². The Morgan fingerprint density at radius 1 is 1.57 bits per heavy atom. The van der Waals surface area contributed by atoms with Crippen LogP contribution in [0.3, 0.4) is 0 Å². The van der Waals surface area contributed by atoms with Crippen LogP contribution in [0.4, 0.5) is 0 Å². The Hall–Kier alpha value is -1.63. The average Bonchev–Trinajstić information content (AvgIpc) is 2.47. The van der Waals surface area contributed by atoms with Gasteiger partial charge in [-0.25, -0.2) is 4.68 Å². The SMILES string of the molecule is C=CCn1nnc(C#N)c1C(C)(C)C. The minimum Gasteiger partial charge on any atom is -0.244 e. The molecule has 0 saturated heterocycles. The fraction of sp³-hybridized carbons (Fsp3) is 0.500. The van der Waals surface area contributed by atoms with Gasteiger partial charge in [-0.05, 0) is 0 Å². The van der Waals surface area contributed by atoms with Crippen molar-refractivity contribution in [1.29, 1.82) is 5.26 Å². The third kappa shape index (κ3) is 1.82. The molecule has 1 rings (SSSR count). The van der Waals surface area contributed by atoms with Crippen LogP contribution in [-0.4, -0.2) is 15.0 Å². The van der Waals surface area contributed by atoms with Gasteiger partial charge in [0.15, 0.2) is 5.69 Å². The first-order valence-corrected chi connectivity index (χ1v) is 4.45. The Labute approximate surface area is 83.8 Å². The maximum Gasteiger partial charge on any atom is 0.186 e. The second-order valence-corrected chi connectivity index (χ2v) is 4.12. The molecule has 0 fully saturated rings. The molecule has 0 amide bonds. The number of hydrogen-bond acceptors (Lipinski definition) is 3. The molecule has 0 unspecified atom stereocenters. The molecule has 1 heterocycles. The highest BCUT2D eigenvalue weighted by Gasteiger charge is 2.24. The van der Waals surface area contributed by atoms with Gasteiger partial charge in [-0.15, -0.1) is 11.7 Å². The van der Waals surface area contributed by atoms with Gasteiger partial charge in [0.1, 0.15) is 6.07 Å². The van der Waals surface area contributed by atoms with Crippen molar-refractivity contribution in [2.45, 2.75) is 32.7 Å². The summed E-state index contributed by atoms with van der Waals surface area (Å²) in [4.78, 5) is 0. The first kappa shape index (κ1) is 10.5. The summed E-state index contributed by atoms with van der Waals surface area (Å²) in [5.74, 6) is 0. The van der Waals surface area contributed by atoms with Crippen LogP contribution < -0.4 is 0 Å². The van der Waals surface area contributed by atoms with Crippen LogP contribution in [-0.2, 0) is 12.0 Å². The van der Waals surface area contributed by atoms with Crippen molar-refractivity contribution in [3.05, 3.63) is 24.0 Å². The van der Waals surface area contributed by atoms with Crippen LogP contribution in [0.5, 0.6) is 0 Å². The molecule has 0 atom stereocenters. The summed E-state index contributed by atoms with van der Waals surface area (Å²) < 4.78 is 1.71. The number of allylic oxidation sites excluding steroid dienone is 1. The van der Waals surface area contributed by atoms with Crippen LogP contribution in [0, 0.1) is 11.3 Å². The summed E-state index contributed by atoms with van der Waals surface area (Å²) in [5, 5.41) is 16.6. The van der Waals surface area contributed by atoms with Gasteiger partial charge in [0, 0.05) is 5.41 Å². The number of nitrogens with zero attached hydrogens (tertiary/aromatic N) is 4. The second kappa shape index (κ2) is 3.62. The van der Waals surface area contributed by atoms with Crippen molar-refractivity contribution < 1.29 is 0 Å². The van der Waals surface area contributed by atoms with Crippen molar-refractivity contribution in [3.63, 3.8) is 0 Å². The molecule has 4 heteroatoms. The number of nitriles is 1. The number of aromatic nitrogens is 3. The van der Waals surface area contributed by atoms with Crippen molar-refractivity contribution in [1.82, 2.24) is 15.0 Å². The lowest BCUT2D eigenvalue weighted by atomic mass is 9.90. The molecule has 0 aliphatic heterocycles. The summed E-state index contributed by atoms with van der Waals surface area (Å²) >= 11 is 0. The van der Waals surface area contributed by atoms with Gasteiger partial charge in [-0.2, -0.15) is 5.26 Å². The van der Waals surface area contributed by atoms with Gasteiger partial charge >= 0.3 is 0 Å². The summed E-state index contributed by atoms with van der Waals surface area (Å²) in [6.07, 6.45) is 1.74. The zero-order valence-electron chi connectivity index (χ0n) is 8.78. The predicted molar refractivity (Wildman–Crippen MR) is 53.6 cm³/mol. The van der Waals surface area contributed by atoms with Gasteiger partial charge in [0.05, 0.1) is 12.2 Å². The van der Waals surface area contributed by atoms with E-state index < -0.39 is 0 Å². The molecule has 0 bridgehead atoms. The van der Waals surface area contributed by atoms with E-state index in [9.17, 15) is 0 Å². The lowest BCUT2D eigenvalue weighted by Crippen LogP contribution is -2.19. The molecule has 1 aromatic heterocycles. The normalized spacial score (nSPS) is 11.0. The van der Waals surface area contributed by atoms with Crippen LogP contribution in [0.15, 0.2) is 12.7 Å². The molecule has 0 radical (unpaired) electrons. The smallest absolute Gasteiger partial charge is 0.186 e. The molecular weight excluding hydrogens is 176 g/mol. The van der Waals surface area contributed by atoms with E-state index in [4.69, 9.17) is 5.26 Å². The third-order valence-corrected chi connectivity index (χ3v) is 1.85. The molecule has 4 nitrogen and oxygen atoms in total. The van der Waals surface area contributed by atoms with Gasteiger partial charge < -0.3 is 0 Å². The summed E-state index contributed by atoms with van der Waals surface area (Å²) in [6.45, 7) is 10.3. The van der Waals surface area contributed by atoms with Crippen molar-refractivity contribution >= 4 is 0 Å². The highest BCUT2D eigenvalue weighted by atomic mass is 15.4. The van der Waals surface area contributed by atoms with E-state index in [-0.39, 0.29) is 5.41 Å².